The number of hydrogen-bond donors (Lipinski definition) is 1. The largest absolute Gasteiger partial charge is 0.507 e. The number of carbonyl (C=O) groups is 2. The van der Waals surface area contributed by atoms with Crippen molar-refractivity contribution in [1.82, 2.24) is 4.98 Å². The fraction of sp³-hybridized carbons (Fsp3) is 0.0870. The zero-order valence-electron chi connectivity index (χ0n) is 16.4. The molecule has 8 nitrogen and oxygen atoms in total. The third-order valence-corrected chi connectivity index (χ3v) is 5.06. The number of nitrogens with zero attached hydrogens (tertiary/aromatic N) is 3. The molecule has 0 radical (unpaired) electrons. The van der Waals surface area contributed by atoms with Gasteiger partial charge in [0.2, 0.25) is 0 Å². The number of benzene rings is 2. The maximum absolute atomic E-state index is 13.0. The van der Waals surface area contributed by atoms with Gasteiger partial charge in [-0.3, -0.25) is 24.6 Å². The molecule has 154 valence electrons. The highest BCUT2D eigenvalue weighted by molar-refractivity contribution is 6.51. The van der Waals surface area contributed by atoms with Crippen LogP contribution in [0.5, 0.6) is 0 Å². The third kappa shape index (κ3) is 3.55. The van der Waals surface area contributed by atoms with Gasteiger partial charge in [0.25, 0.3) is 11.5 Å². The van der Waals surface area contributed by atoms with Crippen molar-refractivity contribution in [3.8, 4) is 0 Å². The van der Waals surface area contributed by atoms with Gasteiger partial charge in [0, 0.05) is 23.9 Å². The van der Waals surface area contributed by atoms with Gasteiger partial charge in [-0.15, -0.1) is 0 Å². The first kappa shape index (κ1) is 20.0. The van der Waals surface area contributed by atoms with Crippen molar-refractivity contribution in [2.75, 3.05) is 4.90 Å². The summed E-state index contributed by atoms with van der Waals surface area (Å²) < 4.78 is 0. The summed E-state index contributed by atoms with van der Waals surface area (Å²) in [6.07, 6.45) is 1.47. The van der Waals surface area contributed by atoms with Gasteiger partial charge >= 0.3 is 5.91 Å². The summed E-state index contributed by atoms with van der Waals surface area (Å²) in [4.78, 5) is 42.0. The van der Waals surface area contributed by atoms with E-state index in [1.165, 1.54) is 24.4 Å². The topological polar surface area (TPSA) is 114 Å². The van der Waals surface area contributed by atoms with E-state index >= 15 is 0 Å². The number of aliphatic hydroxyl groups excluding tert-OH is 1. The Bertz CT molecular complexity index is 1220. The minimum absolute atomic E-state index is 0.153. The van der Waals surface area contributed by atoms with Crippen molar-refractivity contribution >= 4 is 29.0 Å². The molecular weight excluding hydrogens is 398 g/mol. The first-order valence-electron chi connectivity index (χ1n) is 9.42. The lowest BCUT2D eigenvalue weighted by molar-refractivity contribution is -0.384. The van der Waals surface area contributed by atoms with E-state index in [9.17, 15) is 24.8 Å². The second kappa shape index (κ2) is 7.83. The average Bonchev–Trinajstić information content (AvgIpc) is 3.05. The molecular formula is C23H17N3O5. The molecule has 2 aromatic carbocycles. The second-order valence-electron chi connectivity index (χ2n) is 7.08. The minimum Gasteiger partial charge on any atom is -0.507 e. The fourth-order valence-corrected chi connectivity index (χ4v) is 3.56. The van der Waals surface area contributed by atoms with E-state index in [0.29, 0.717) is 11.1 Å². The van der Waals surface area contributed by atoms with Crippen LogP contribution in [0, 0.1) is 17.0 Å². The quantitative estimate of drug-likeness (QED) is 0.227. The number of ketones is 1. The van der Waals surface area contributed by atoms with Gasteiger partial charge < -0.3 is 5.11 Å². The molecule has 1 aliphatic rings. The van der Waals surface area contributed by atoms with Crippen LogP contribution in [-0.4, -0.2) is 26.7 Å². The van der Waals surface area contributed by atoms with Crippen LogP contribution in [-0.2, 0) is 9.59 Å². The van der Waals surface area contributed by atoms with Crippen LogP contribution in [0.25, 0.3) is 5.76 Å². The van der Waals surface area contributed by atoms with Gasteiger partial charge in [0.1, 0.15) is 11.6 Å². The minimum atomic E-state index is -1.07. The predicted octanol–water partition coefficient (Wildman–Crippen LogP) is 3.92. The SMILES string of the molecule is Cc1ccc(C(O)=C2C(=O)C(=O)N(c3ccccn3)[C@@H]2c2cccc([N+](=O)[O-])c2)cc1. The van der Waals surface area contributed by atoms with Crippen molar-refractivity contribution in [2.24, 2.45) is 0 Å². The first-order valence-corrected chi connectivity index (χ1v) is 9.42. The molecule has 1 amide bonds. The van der Waals surface area contributed by atoms with Crippen molar-refractivity contribution in [1.29, 1.82) is 0 Å². The van der Waals surface area contributed by atoms with Crippen LogP contribution in [0.3, 0.4) is 0 Å². The molecule has 0 bridgehead atoms. The number of carbonyl (C=O) groups excluding carboxylic acids is 2. The summed E-state index contributed by atoms with van der Waals surface area (Å²) in [7, 11) is 0. The lowest BCUT2D eigenvalue weighted by Gasteiger charge is -2.24. The maximum Gasteiger partial charge on any atom is 0.301 e. The van der Waals surface area contributed by atoms with Crippen molar-refractivity contribution in [2.45, 2.75) is 13.0 Å². The van der Waals surface area contributed by atoms with Gasteiger partial charge in [-0.2, -0.15) is 0 Å². The molecule has 4 rings (SSSR count). The number of rotatable bonds is 4. The smallest absolute Gasteiger partial charge is 0.301 e. The predicted molar refractivity (Wildman–Crippen MR) is 113 cm³/mol. The Kier molecular flexibility index (Phi) is 5.04. The van der Waals surface area contributed by atoms with E-state index in [1.54, 1.807) is 48.5 Å². The number of nitro benzene ring substituents is 1. The summed E-state index contributed by atoms with van der Waals surface area (Å²) in [6.45, 7) is 1.88. The molecule has 1 fully saturated rings. The lowest BCUT2D eigenvalue weighted by Crippen LogP contribution is -2.30. The maximum atomic E-state index is 13.0. The van der Waals surface area contributed by atoms with Gasteiger partial charge in [0.05, 0.1) is 16.5 Å². The Morgan fingerprint density at radius 3 is 2.45 bits per heavy atom. The molecule has 1 N–H and O–H groups in total. The highest BCUT2D eigenvalue weighted by atomic mass is 16.6. The normalized spacial score (nSPS) is 17.7. The Morgan fingerprint density at radius 2 is 1.81 bits per heavy atom. The monoisotopic (exact) mass is 415 g/mol. The Hall–Kier alpha value is -4.33. The van der Waals surface area contributed by atoms with Crippen molar-refractivity contribution < 1.29 is 19.6 Å². The van der Waals surface area contributed by atoms with Gasteiger partial charge in [-0.05, 0) is 24.6 Å². The van der Waals surface area contributed by atoms with E-state index in [-0.39, 0.29) is 22.8 Å². The summed E-state index contributed by atoms with van der Waals surface area (Å²) in [5, 5.41) is 22.3. The lowest BCUT2D eigenvalue weighted by atomic mass is 9.94. The fourth-order valence-electron chi connectivity index (χ4n) is 3.56. The summed E-state index contributed by atoms with van der Waals surface area (Å²) in [6, 6.07) is 16.3. The van der Waals surface area contributed by atoms with E-state index in [2.05, 4.69) is 4.98 Å². The van der Waals surface area contributed by atoms with Gasteiger partial charge in [-0.25, -0.2) is 4.98 Å². The first-order chi connectivity index (χ1) is 14.9. The number of anilines is 1. The summed E-state index contributed by atoms with van der Waals surface area (Å²) in [5.74, 6) is -1.92. The average molecular weight is 415 g/mol. The molecule has 0 saturated carbocycles. The number of aliphatic hydroxyl groups is 1. The Labute approximate surface area is 177 Å². The molecule has 0 spiro atoms. The molecule has 8 heteroatoms. The second-order valence-corrected chi connectivity index (χ2v) is 7.08. The zero-order chi connectivity index (χ0) is 22.1. The number of aryl methyl sites for hydroxylation is 1. The van der Waals surface area contributed by atoms with Crippen LogP contribution in [0.4, 0.5) is 11.5 Å². The third-order valence-electron chi connectivity index (χ3n) is 5.06. The van der Waals surface area contributed by atoms with Gasteiger partial charge in [0.15, 0.2) is 0 Å². The van der Waals surface area contributed by atoms with Crippen LogP contribution in [0.1, 0.15) is 22.7 Å². The highest BCUT2D eigenvalue weighted by Crippen LogP contribution is 2.42. The standard InChI is InChI=1S/C23H17N3O5/c1-14-8-10-15(11-9-14)21(27)19-20(16-5-4-6-17(13-16)26(30)31)25(23(29)22(19)28)18-7-2-3-12-24-18/h2-13,20,27H,1H3/t20-/m1/s1. The number of hydrogen-bond acceptors (Lipinski definition) is 6. The number of pyridine rings is 1. The van der Waals surface area contributed by atoms with E-state index < -0.39 is 22.7 Å². The molecule has 31 heavy (non-hydrogen) atoms. The number of non-ortho nitro benzene ring substituents is 1. The Morgan fingerprint density at radius 1 is 1.06 bits per heavy atom. The van der Waals surface area contributed by atoms with E-state index in [1.807, 2.05) is 6.92 Å². The molecule has 1 saturated heterocycles. The number of amides is 1. The number of Topliss-reactive ketones (excluding diaryl/α,β-unsaturated/α-hetero) is 1. The molecule has 2 heterocycles. The summed E-state index contributed by atoms with van der Waals surface area (Å²) in [5.41, 5.74) is 1.29. The van der Waals surface area contributed by atoms with Crippen LogP contribution in [0.15, 0.2) is 78.5 Å². The molecule has 3 aromatic rings. The van der Waals surface area contributed by atoms with Crippen LogP contribution < -0.4 is 4.90 Å². The van der Waals surface area contributed by atoms with Crippen molar-refractivity contribution in [3.63, 3.8) is 0 Å². The van der Waals surface area contributed by atoms with E-state index in [0.717, 1.165) is 10.5 Å². The Balaban J connectivity index is 1.96. The summed E-state index contributed by atoms with van der Waals surface area (Å²) >= 11 is 0. The van der Waals surface area contributed by atoms with Gasteiger partial charge in [-0.1, -0.05) is 48.0 Å². The van der Waals surface area contributed by atoms with Crippen molar-refractivity contribution in [3.05, 3.63) is 105 Å². The molecule has 0 aliphatic carbocycles. The number of nitro groups is 1. The molecule has 1 aromatic heterocycles. The molecule has 1 atom stereocenters. The van der Waals surface area contributed by atoms with Crippen LogP contribution >= 0.6 is 0 Å². The van der Waals surface area contributed by atoms with E-state index in [4.69, 9.17) is 0 Å². The highest BCUT2D eigenvalue weighted by Gasteiger charge is 2.47. The molecule has 1 aliphatic heterocycles. The molecule has 0 unspecified atom stereocenters. The zero-order valence-corrected chi connectivity index (χ0v) is 16.4. The van der Waals surface area contributed by atoms with Crippen LogP contribution in [0.2, 0.25) is 0 Å². The number of aromatic nitrogens is 1.